The van der Waals surface area contributed by atoms with Crippen molar-refractivity contribution in [3.8, 4) is 0 Å². The summed E-state index contributed by atoms with van der Waals surface area (Å²) in [5, 5.41) is -0.150. The Morgan fingerprint density at radius 3 is 2.35 bits per heavy atom. The van der Waals surface area contributed by atoms with Gasteiger partial charge in [0.2, 0.25) is 0 Å². The predicted octanol–water partition coefficient (Wildman–Crippen LogP) is 5.90. The molecule has 2 aromatic rings. The van der Waals surface area contributed by atoms with Gasteiger partial charge in [0.15, 0.2) is 4.32 Å². The number of nitrogens with zero attached hydrogens (tertiary/aromatic N) is 1. The molecule has 2 nitrogen and oxygen atoms in total. The van der Waals surface area contributed by atoms with Gasteiger partial charge in [0.25, 0.3) is 5.91 Å². The summed E-state index contributed by atoms with van der Waals surface area (Å²) in [5.41, 5.74) is -0.0338. The van der Waals surface area contributed by atoms with Crippen molar-refractivity contribution in [1.82, 2.24) is 0 Å². The van der Waals surface area contributed by atoms with Gasteiger partial charge >= 0.3 is 6.18 Å². The van der Waals surface area contributed by atoms with E-state index in [1.54, 1.807) is 0 Å². The summed E-state index contributed by atoms with van der Waals surface area (Å²) < 4.78 is 51.3. The minimum atomic E-state index is -4.43. The molecular weight excluding hydrogens is 410 g/mol. The number of halogens is 5. The zero-order chi connectivity index (χ0) is 19.1. The average Bonchev–Trinajstić information content (AvgIpc) is 2.84. The number of amides is 1. The fourth-order valence-corrected chi connectivity index (χ4v) is 3.71. The second-order valence-corrected chi connectivity index (χ2v) is 7.32. The maximum atomic E-state index is 13.3. The quantitative estimate of drug-likeness (QED) is 0.344. The van der Waals surface area contributed by atoms with Gasteiger partial charge in [-0.05, 0) is 42.0 Å². The highest BCUT2D eigenvalue weighted by molar-refractivity contribution is 8.27. The third kappa shape index (κ3) is 3.77. The van der Waals surface area contributed by atoms with Gasteiger partial charge in [0.05, 0.1) is 21.2 Å². The van der Waals surface area contributed by atoms with Gasteiger partial charge in [-0.25, -0.2) is 4.39 Å². The number of carbonyl (C=O) groups is 1. The first-order valence-corrected chi connectivity index (χ1v) is 8.67. The topological polar surface area (TPSA) is 20.3 Å². The van der Waals surface area contributed by atoms with E-state index in [1.807, 2.05) is 0 Å². The first-order chi connectivity index (χ1) is 12.2. The molecule has 0 atom stereocenters. The van der Waals surface area contributed by atoms with E-state index in [-0.39, 0.29) is 14.2 Å². The summed E-state index contributed by atoms with van der Waals surface area (Å²) in [7, 11) is 0. The molecule has 1 fully saturated rings. The fourth-order valence-electron chi connectivity index (χ4n) is 2.23. The Labute approximate surface area is 160 Å². The predicted molar refractivity (Wildman–Crippen MR) is 98.5 cm³/mol. The van der Waals surface area contributed by atoms with Gasteiger partial charge < -0.3 is 0 Å². The number of rotatable bonds is 2. The van der Waals surface area contributed by atoms with Crippen LogP contribution in [0, 0.1) is 5.82 Å². The minimum Gasteiger partial charge on any atom is -0.268 e. The van der Waals surface area contributed by atoms with E-state index < -0.39 is 23.5 Å². The summed E-state index contributed by atoms with van der Waals surface area (Å²) in [6, 6.07) is 8.18. The molecule has 1 aliphatic heterocycles. The van der Waals surface area contributed by atoms with Crippen molar-refractivity contribution in [2.75, 3.05) is 4.90 Å². The molecule has 0 unspecified atom stereocenters. The minimum absolute atomic E-state index is 0.150. The lowest BCUT2D eigenvalue weighted by atomic mass is 10.1. The van der Waals surface area contributed by atoms with Crippen molar-refractivity contribution in [1.29, 1.82) is 0 Å². The number of hydrogen-bond acceptors (Lipinski definition) is 3. The van der Waals surface area contributed by atoms with Crippen LogP contribution in [0.4, 0.5) is 23.2 Å². The second kappa shape index (κ2) is 7.02. The molecule has 0 radical (unpaired) electrons. The SMILES string of the molecule is O=C1/C(=C/c2ccc(C(F)(F)F)cc2)SC(=S)N1c1ccc(F)c(Cl)c1. The summed E-state index contributed by atoms with van der Waals surface area (Å²) in [4.78, 5) is 14.0. The molecule has 134 valence electrons. The molecule has 1 saturated heterocycles. The Kier molecular flexibility index (Phi) is 5.09. The molecule has 0 bridgehead atoms. The smallest absolute Gasteiger partial charge is 0.268 e. The number of anilines is 1. The van der Waals surface area contributed by atoms with Crippen LogP contribution in [0.3, 0.4) is 0 Å². The second-order valence-electron chi connectivity index (χ2n) is 5.24. The number of benzene rings is 2. The van der Waals surface area contributed by atoms with Crippen molar-refractivity contribution in [3.05, 3.63) is 69.3 Å². The van der Waals surface area contributed by atoms with Crippen molar-refractivity contribution < 1.29 is 22.4 Å². The van der Waals surface area contributed by atoms with Gasteiger partial charge in [-0.3, -0.25) is 9.69 Å². The van der Waals surface area contributed by atoms with Crippen molar-refractivity contribution in [2.24, 2.45) is 0 Å². The molecule has 2 aromatic carbocycles. The van der Waals surface area contributed by atoms with Crippen LogP contribution in [0.1, 0.15) is 11.1 Å². The molecule has 0 saturated carbocycles. The zero-order valence-electron chi connectivity index (χ0n) is 12.7. The van der Waals surface area contributed by atoms with Crippen LogP contribution in [-0.4, -0.2) is 10.2 Å². The van der Waals surface area contributed by atoms with Crippen LogP contribution < -0.4 is 4.90 Å². The molecule has 26 heavy (non-hydrogen) atoms. The Bertz CT molecular complexity index is 925. The number of carbonyl (C=O) groups excluding carboxylic acids is 1. The lowest BCUT2D eigenvalue weighted by molar-refractivity contribution is -0.137. The van der Waals surface area contributed by atoms with Crippen LogP contribution in [0.2, 0.25) is 5.02 Å². The maximum absolute atomic E-state index is 13.3. The maximum Gasteiger partial charge on any atom is 0.416 e. The van der Waals surface area contributed by atoms with E-state index in [0.717, 1.165) is 30.0 Å². The number of thiocarbonyl (C=S) groups is 1. The normalized spacial score (nSPS) is 16.7. The summed E-state index contributed by atoms with van der Waals surface area (Å²) in [5.74, 6) is -1.08. The Hall–Kier alpha value is -1.90. The molecule has 1 heterocycles. The van der Waals surface area contributed by atoms with E-state index in [9.17, 15) is 22.4 Å². The number of hydrogen-bond donors (Lipinski definition) is 0. The molecule has 3 rings (SSSR count). The van der Waals surface area contributed by atoms with E-state index in [4.69, 9.17) is 23.8 Å². The monoisotopic (exact) mass is 417 g/mol. The number of alkyl halides is 3. The highest BCUT2D eigenvalue weighted by Gasteiger charge is 2.34. The standard InChI is InChI=1S/C17H8ClF4NOS2/c18-12-8-11(5-6-13(12)19)23-15(24)14(26-16(23)25)7-9-1-3-10(4-2-9)17(20,21)22/h1-8H/b14-7-. The Morgan fingerprint density at radius 2 is 1.77 bits per heavy atom. The molecule has 0 spiro atoms. The highest BCUT2D eigenvalue weighted by Crippen LogP contribution is 2.37. The fraction of sp³-hybridized carbons (Fsp3) is 0.0588. The van der Waals surface area contributed by atoms with Gasteiger partial charge in [0, 0.05) is 0 Å². The van der Waals surface area contributed by atoms with Crippen LogP contribution in [-0.2, 0) is 11.0 Å². The van der Waals surface area contributed by atoms with Crippen LogP contribution in [0.25, 0.3) is 6.08 Å². The van der Waals surface area contributed by atoms with Crippen LogP contribution >= 0.6 is 35.6 Å². The van der Waals surface area contributed by atoms with Crippen LogP contribution in [0.5, 0.6) is 0 Å². The molecule has 0 N–H and O–H groups in total. The highest BCUT2D eigenvalue weighted by atomic mass is 35.5. The summed E-state index contributed by atoms with van der Waals surface area (Å²) in [6.45, 7) is 0. The van der Waals surface area contributed by atoms with Gasteiger partial charge in [0.1, 0.15) is 5.82 Å². The molecular formula is C17H8ClF4NOS2. The third-order valence-electron chi connectivity index (χ3n) is 3.49. The molecule has 1 amide bonds. The average molecular weight is 418 g/mol. The van der Waals surface area contributed by atoms with Crippen molar-refractivity contribution in [2.45, 2.75) is 6.18 Å². The first-order valence-electron chi connectivity index (χ1n) is 7.07. The van der Waals surface area contributed by atoms with Gasteiger partial charge in [-0.15, -0.1) is 0 Å². The lowest BCUT2D eigenvalue weighted by Crippen LogP contribution is -2.27. The largest absolute Gasteiger partial charge is 0.416 e. The zero-order valence-corrected chi connectivity index (χ0v) is 15.1. The Morgan fingerprint density at radius 1 is 1.12 bits per heavy atom. The van der Waals surface area contributed by atoms with Crippen LogP contribution in [0.15, 0.2) is 47.4 Å². The number of thioether (sulfide) groups is 1. The summed E-state index contributed by atoms with van der Waals surface area (Å²) in [6.07, 6.45) is -2.98. The van der Waals surface area contributed by atoms with E-state index in [0.29, 0.717) is 11.3 Å². The first kappa shape index (κ1) is 18.9. The molecule has 1 aliphatic rings. The van der Waals surface area contributed by atoms with Crippen molar-refractivity contribution >= 4 is 57.6 Å². The van der Waals surface area contributed by atoms with E-state index in [2.05, 4.69) is 0 Å². The summed E-state index contributed by atoms with van der Waals surface area (Å²) >= 11 is 11.9. The van der Waals surface area contributed by atoms with Gasteiger partial charge in [-0.1, -0.05) is 47.7 Å². The third-order valence-corrected chi connectivity index (χ3v) is 5.08. The van der Waals surface area contributed by atoms with Crippen molar-refractivity contribution in [3.63, 3.8) is 0 Å². The molecule has 9 heteroatoms. The lowest BCUT2D eigenvalue weighted by Gasteiger charge is -2.14. The van der Waals surface area contributed by atoms with Gasteiger partial charge in [-0.2, -0.15) is 13.2 Å². The van der Waals surface area contributed by atoms with E-state index in [1.165, 1.54) is 35.2 Å². The molecule has 0 aromatic heterocycles. The van der Waals surface area contributed by atoms with E-state index >= 15 is 0 Å². The Balaban J connectivity index is 1.88. The molecule has 0 aliphatic carbocycles.